The van der Waals surface area contributed by atoms with Crippen molar-refractivity contribution in [1.82, 2.24) is 0 Å². The van der Waals surface area contributed by atoms with Crippen molar-refractivity contribution in [2.75, 3.05) is 0 Å². The number of rotatable bonds is 4. The normalized spacial score (nSPS) is 10.2. The van der Waals surface area contributed by atoms with Crippen molar-refractivity contribution in [1.29, 1.82) is 0 Å². The van der Waals surface area contributed by atoms with E-state index >= 15 is 0 Å². The van der Waals surface area contributed by atoms with E-state index in [1.54, 1.807) is 6.07 Å². The number of hydrogen-bond acceptors (Lipinski definition) is 3. The topological polar surface area (TPSA) is 52.4 Å². The number of halogens is 2. The number of hydrogen-bond donors (Lipinski definition) is 0. The molecule has 0 aliphatic carbocycles. The van der Waals surface area contributed by atoms with Gasteiger partial charge in [-0.2, -0.15) is 0 Å². The number of nitrogens with zero attached hydrogens (tertiary/aromatic N) is 1. The lowest BCUT2D eigenvalue weighted by atomic mass is 10.2. The molecule has 98 valence electrons. The Hall–Kier alpha value is -1.78. The Kier molecular flexibility index (Phi) is 4.24. The van der Waals surface area contributed by atoms with Crippen molar-refractivity contribution < 1.29 is 9.66 Å². The number of nitro benzene ring substituents is 1. The van der Waals surface area contributed by atoms with Gasteiger partial charge in [0.2, 0.25) is 0 Å². The summed E-state index contributed by atoms with van der Waals surface area (Å²) in [6.07, 6.45) is 0. The van der Waals surface area contributed by atoms with Gasteiger partial charge in [-0.3, -0.25) is 10.1 Å². The van der Waals surface area contributed by atoms with Crippen LogP contribution in [0.25, 0.3) is 0 Å². The fourth-order valence-corrected chi connectivity index (χ4v) is 1.85. The van der Waals surface area contributed by atoms with Gasteiger partial charge in [0.05, 0.1) is 16.0 Å². The zero-order chi connectivity index (χ0) is 13.8. The highest BCUT2D eigenvalue weighted by Gasteiger charge is 2.11. The molecule has 0 aliphatic rings. The van der Waals surface area contributed by atoms with Gasteiger partial charge in [-0.25, -0.2) is 0 Å². The minimum absolute atomic E-state index is 0.0708. The molecule has 0 aromatic heterocycles. The van der Waals surface area contributed by atoms with Crippen LogP contribution in [-0.2, 0) is 6.61 Å². The van der Waals surface area contributed by atoms with Crippen molar-refractivity contribution in [3.8, 4) is 5.75 Å². The average molecular weight is 298 g/mol. The highest BCUT2D eigenvalue weighted by Crippen LogP contribution is 2.30. The first kappa shape index (κ1) is 13.6. The van der Waals surface area contributed by atoms with E-state index in [1.807, 2.05) is 18.2 Å². The molecule has 0 spiro atoms. The van der Waals surface area contributed by atoms with Gasteiger partial charge in [0.25, 0.3) is 5.69 Å². The predicted molar refractivity (Wildman–Crippen MR) is 73.9 cm³/mol. The second kappa shape index (κ2) is 5.91. The summed E-state index contributed by atoms with van der Waals surface area (Å²) in [4.78, 5) is 10.2. The molecule has 0 unspecified atom stereocenters. The Morgan fingerprint density at radius 1 is 1.11 bits per heavy atom. The molecular weight excluding hydrogens is 289 g/mol. The van der Waals surface area contributed by atoms with E-state index < -0.39 is 4.92 Å². The molecule has 2 rings (SSSR count). The zero-order valence-electron chi connectivity index (χ0n) is 9.68. The van der Waals surface area contributed by atoms with Gasteiger partial charge in [-0.15, -0.1) is 0 Å². The molecule has 0 radical (unpaired) electrons. The Morgan fingerprint density at radius 2 is 1.84 bits per heavy atom. The third kappa shape index (κ3) is 3.36. The van der Waals surface area contributed by atoms with E-state index in [0.717, 1.165) is 5.56 Å². The van der Waals surface area contributed by atoms with Crippen molar-refractivity contribution in [3.05, 3.63) is 68.2 Å². The first-order valence-corrected chi connectivity index (χ1v) is 6.13. The van der Waals surface area contributed by atoms with Gasteiger partial charge in [-0.1, -0.05) is 41.4 Å². The lowest BCUT2D eigenvalue weighted by Crippen LogP contribution is -1.97. The van der Waals surface area contributed by atoms with Gasteiger partial charge in [0.15, 0.2) is 0 Å². The van der Waals surface area contributed by atoms with Crippen LogP contribution in [0.2, 0.25) is 10.0 Å². The Morgan fingerprint density at radius 3 is 2.53 bits per heavy atom. The van der Waals surface area contributed by atoms with Crippen LogP contribution in [0.4, 0.5) is 5.69 Å². The van der Waals surface area contributed by atoms with E-state index in [1.165, 1.54) is 18.2 Å². The molecule has 2 aromatic rings. The quantitative estimate of drug-likeness (QED) is 0.617. The van der Waals surface area contributed by atoms with E-state index in [0.29, 0.717) is 10.0 Å². The average Bonchev–Trinajstić information content (AvgIpc) is 2.39. The third-order valence-electron chi connectivity index (χ3n) is 2.47. The van der Waals surface area contributed by atoms with Crippen LogP contribution in [0.5, 0.6) is 5.75 Å². The second-order valence-corrected chi connectivity index (χ2v) is 4.57. The number of ether oxygens (including phenoxy) is 1. The van der Waals surface area contributed by atoms with Crippen LogP contribution >= 0.6 is 23.2 Å². The van der Waals surface area contributed by atoms with Crippen molar-refractivity contribution >= 4 is 28.9 Å². The minimum atomic E-state index is -0.501. The summed E-state index contributed by atoms with van der Waals surface area (Å²) in [5.74, 6) is 0.260. The molecule has 0 heterocycles. The highest BCUT2D eigenvalue weighted by molar-refractivity contribution is 6.32. The summed E-state index contributed by atoms with van der Waals surface area (Å²) in [6.45, 7) is 0.195. The Balaban J connectivity index is 2.17. The number of benzene rings is 2. The molecule has 0 fully saturated rings. The minimum Gasteiger partial charge on any atom is -0.487 e. The fraction of sp³-hybridized carbons (Fsp3) is 0.0769. The number of nitro groups is 1. The Labute approximate surface area is 119 Å². The maximum atomic E-state index is 10.7. The smallest absolute Gasteiger partial charge is 0.273 e. The third-order valence-corrected chi connectivity index (χ3v) is 3.15. The summed E-state index contributed by atoms with van der Waals surface area (Å²) in [5.41, 5.74) is 0.713. The van der Waals surface area contributed by atoms with Crippen LogP contribution < -0.4 is 4.74 Å². The second-order valence-electron chi connectivity index (χ2n) is 3.75. The molecule has 0 saturated carbocycles. The zero-order valence-corrected chi connectivity index (χ0v) is 11.2. The summed E-state index contributed by atoms with van der Waals surface area (Å²) in [7, 11) is 0. The molecule has 6 heteroatoms. The molecule has 0 aliphatic heterocycles. The van der Waals surface area contributed by atoms with Crippen LogP contribution in [0.3, 0.4) is 0 Å². The maximum Gasteiger partial charge on any atom is 0.273 e. The lowest BCUT2D eigenvalue weighted by Gasteiger charge is -2.09. The van der Waals surface area contributed by atoms with Crippen molar-refractivity contribution in [2.24, 2.45) is 0 Å². The summed E-state index contributed by atoms with van der Waals surface area (Å²) < 4.78 is 5.47. The van der Waals surface area contributed by atoms with Gasteiger partial charge in [0, 0.05) is 16.7 Å². The van der Waals surface area contributed by atoms with Crippen molar-refractivity contribution in [3.63, 3.8) is 0 Å². The molecule has 0 atom stereocenters. The summed E-state index contributed by atoms with van der Waals surface area (Å²) in [6, 6.07) is 11.3. The standard InChI is InChI=1S/C13H9Cl2NO3/c14-11-4-2-1-3-9(11)8-19-13-7-10(16(17)18)5-6-12(13)15/h1-7H,8H2. The van der Waals surface area contributed by atoms with Crippen LogP contribution in [0, 0.1) is 10.1 Å². The van der Waals surface area contributed by atoms with E-state index in [4.69, 9.17) is 27.9 Å². The van der Waals surface area contributed by atoms with E-state index in [9.17, 15) is 10.1 Å². The van der Waals surface area contributed by atoms with Crippen molar-refractivity contribution in [2.45, 2.75) is 6.61 Å². The summed E-state index contributed by atoms with van der Waals surface area (Å²) in [5, 5.41) is 11.6. The maximum absolute atomic E-state index is 10.7. The molecule has 0 bridgehead atoms. The molecule has 0 amide bonds. The van der Waals surface area contributed by atoms with E-state index in [-0.39, 0.29) is 18.0 Å². The van der Waals surface area contributed by atoms with Gasteiger partial charge in [0.1, 0.15) is 12.4 Å². The van der Waals surface area contributed by atoms with Crippen LogP contribution in [-0.4, -0.2) is 4.92 Å². The molecule has 0 saturated heterocycles. The van der Waals surface area contributed by atoms with Gasteiger partial charge >= 0.3 is 0 Å². The van der Waals surface area contributed by atoms with Crippen LogP contribution in [0.1, 0.15) is 5.56 Å². The number of non-ortho nitro benzene ring substituents is 1. The fourth-order valence-electron chi connectivity index (χ4n) is 1.49. The molecule has 4 nitrogen and oxygen atoms in total. The van der Waals surface area contributed by atoms with Gasteiger partial charge in [-0.05, 0) is 12.1 Å². The lowest BCUT2D eigenvalue weighted by molar-refractivity contribution is -0.384. The monoisotopic (exact) mass is 297 g/mol. The largest absolute Gasteiger partial charge is 0.487 e. The van der Waals surface area contributed by atoms with Crippen LogP contribution in [0.15, 0.2) is 42.5 Å². The molecule has 0 N–H and O–H groups in total. The Bertz CT molecular complexity index is 617. The first-order chi connectivity index (χ1) is 9.08. The van der Waals surface area contributed by atoms with Gasteiger partial charge < -0.3 is 4.74 Å². The molecule has 2 aromatic carbocycles. The molecular formula is C13H9Cl2NO3. The highest BCUT2D eigenvalue weighted by atomic mass is 35.5. The van der Waals surface area contributed by atoms with E-state index in [2.05, 4.69) is 0 Å². The first-order valence-electron chi connectivity index (χ1n) is 5.38. The molecule has 19 heavy (non-hydrogen) atoms. The summed E-state index contributed by atoms with van der Waals surface area (Å²) >= 11 is 11.9. The predicted octanol–water partition coefficient (Wildman–Crippen LogP) is 4.48. The SMILES string of the molecule is O=[N+]([O-])c1ccc(Cl)c(OCc2ccccc2Cl)c1.